The van der Waals surface area contributed by atoms with Crippen molar-refractivity contribution < 1.29 is 4.79 Å². The van der Waals surface area contributed by atoms with Crippen molar-refractivity contribution in [3.05, 3.63) is 36.2 Å². The van der Waals surface area contributed by atoms with E-state index >= 15 is 0 Å². The van der Waals surface area contributed by atoms with Gasteiger partial charge in [0.25, 0.3) is 0 Å². The van der Waals surface area contributed by atoms with E-state index in [2.05, 4.69) is 52.5 Å². The lowest BCUT2D eigenvalue weighted by molar-refractivity contribution is 0.208. The molecule has 1 fully saturated rings. The summed E-state index contributed by atoms with van der Waals surface area (Å²) in [5.41, 5.74) is 1.09. The topological polar surface area (TPSA) is 61.4 Å². The molecule has 3 rings (SSSR count). The average molecular weight is 345 g/mol. The van der Waals surface area contributed by atoms with E-state index in [9.17, 15) is 4.79 Å². The smallest absolute Gasteiger partial charge is 0.323 e. The van der Waals surface area contributed by atoms with Gasteiger partial charge in [-0.3, -0.25) is 5.32 Å². The first-order valence-corrected chi connectivity index (χ1v) is 8.91. The highest BCUT2D eigenvalue weighted by Crippen LogP contribution is 2.23. The van der Waals surface area contributed by atoms with Gasteiger partial charge in [0, 0.05) is 48.8 Å². The van der Waals surface area contributed by atoms with Crippen LogP contribution in [0.5, 0.6) is 0 Å². The third-order valence-electron chi connectivity index (χ3n) is 4.00. The van der Waals surface area contributed by atoms with Crippen LogP contribution in [0.25, 0.3) is 0 Å². The number of benzene rings is 1. The molecule has 1 aliphatic heterocycles. The fourth-order valence-corrected chi connectivity index (χ4v) is 3.30. The van der Waals surface area contributed by atoms with Crippen molar-refractivity contribution in [2.45, 2.75) is 26.2 Å². The van der Waals surface area contributed by atoms with E-state index in [1.807, 2.05) is 23.1 Å². The number of piperazine rings is 1. The molecular weight excluding hydrogens is 322 g/mol. The molecule has 128 valence electrons. The van der Waals surface area contributed by atoms with Gasteiger partial charge in [-0.15, -0.1) is 0 Å². The predicted octanol–water partition coefficient (Wildman–Crippen LogP) is 3.19. The number of urea groups is 1. The second-order valence-electron chi connectivity index (χ2n) is 6.91. The maximum atomic E-state index is 12.4. The van der Waals surface area contributed by atoms with Gasteiger partial charge in [0.15, 0.2) is 0 Å². The second kappa shape index (κ2) is 6.76. The number of carbonyl (C=O) groups is 1. The predicted molar refractivity (Wildman–Crippen MR) is 97.9 cm³/mol. The highest BCUT2D eigenvalue weighted by atomic mass is 32.1. The average Bonchev–Trinajstić information content (AvgIpc) is 3.05. The Labute approximate surface area is 146 Å². The third-order valence-corrected chi connectivity index (χ3v) is 4.63. The minimum Gasteiger partial charge on any atom is -0.368 e. The summed E-state index contributed by atoms with van der Waals surface area (Å²) in [5, 5.41) is 3.44. The van der Waals surface area contributed by atoms with Crippen molar-refractivity contribution >= 4 is 28.4 Å². The molecule has 1 saturated heterocycles. The fraction of sp³-hybridized carbons (Fsp3) is 0.471. The third kappa shape index (κ3) is 3.84. The Bertz CT molecular complexity index is 687. The zero-order valence-electron chi connectivity index (χ0n) is 14.3. The lowest BCUT2D eigenvalue weighted by atomic mass is 9.96. The number of nitrogens with one attached hydrogen (secondary N) is 1. The summed E-state index contributed by atoms with van der Waals surface area (Å²) in [6.45, 7) is 9.25. The van der Waals surface area contributed by atoms with Crippen LogP contribution in [0.1, 0.15) is 26.6 Å². The zero-order chi connectivity index (χ0) is 17.2. The van der Waals surface area contributed by atoms with Gasteiger partial charge in [0.1, 0.15) is 5.82 Å². The minimum atomic E-state index is -0.110. The summed E-state index contributed by atoms with van der Waals surface area (Å²) >= 11 is 1.24. The molecule has 0 saturated carbocycles. The quantitative estimate of drug-likeness (QED) is 0.908. The van der Waals surface area contributed by atoms with Gasteiger partial charge in [-0.25, -0.2) is 9.78 Å². The van der Waals surface area contributed by atoms with Crippen molar-refractivity contribution in [3.8, 4) is 0 Å². The molecule has 2 heterocycles. The summed E-state index contributed by atoms with van der Waals surface area (Å²) in [4.78, 5) is 21.0. The van der Waals surface area contributed by atoms with Crippen LogP contribution in [0.3, 0.4) is 0 Å². The van der Waals surface area contributed by atoms with E-state index in [4.69, 9.17) is 0 Å². The molecule has 0 bridgehead atoms. The van der Waals surface area contributed by atoms with Crippen LogP contribution in [0, 0.1) is 0 Å². The molecule has 0 atom stereocenters. The summed E-state index contributed by atoms with van der Waals surface area (Å²) < 4.78 is 4.33. The Hall–Kier alpha value is -2.15. The molecule has 1 aliphatic rings. The first kappa shape index (κ1) is 16.7. The molecule has 0 aliphatic carbocycles. The van der Waals surface area contributed by atoms with Crippen molar-refractivity contribution in [2.24, 2.45) is 0 Å². The number of hydrogen-bond acceptors (Lipinski definition) is 5. The zero-order valence-corrected chi connectivity index (χ0v) is 15.1. The second-order valence-corrected chi connectivity index (χ2v) is 7.66. The largest absolute Gasteiger partial charge is 0.368 e. The maximum absolute atomic E-state index is 12.4. The van der Waals surface area contributed by atoms with Crippen molar-refractivity contribution in [2.75, 3.05) is 36.4 Å². The maximum Gasteiger partial charge on any atom is 0.323 e. The summed E-state index contributed by atoms with van der Waals surface area (Å²) in [6, 6.07) is 10.2. The Morgan fingerprint density at radius 2 is 1.79 bits per heavy atom. The van der Waals surface area contributed by atoms with Crippen LogP contribution in [0.15, 0.2) is 30.3 Å². The molecule has 2 amide bonds. The Morgan fingerprint density at radius 3 is 2.38 bits per heavy atom. The summed E-state index contributed by atoms with van der Waals surface area (Å²) in [5.74, 6) is 0.761. The van der Waals surface area contributed by atoms with Crippen molar-refractivity contribution in [1.82, 2.24) is 14.3 Å². The van der Waals surface area contributed by atoms with E-state index in [0.717, 1.165) is 18.9 Å². The van der Waals surface area contributed by atoms with Crippen LogP contribution >= 0.6 is 11.5 Å². The van der Waals surface area contributed by atoms with Crippen LogP contribution in [-0.4, -0.2) is 46.5 Å². The fourth-order valence-electron chi connectivity index (χ4n) is 2.56. The highest BCUT2D eigenvalue weighted by Gasteiger charge is 2.24. The Kier molecular flexibility index (Phi) is 4.71. The van der Waals surface area contributed by atoms with E-state index < -0.39 is 0 Å². The Balaban J connectivity index is 1.55. The van der Waals surface area contributed by atoms with Gasteiger partial charge in [-0.2, -0.15) is 4.37 Å². The van der Waals surface area contributed by atoms with Crippen LogP contribution in [0.2, 0.25) is 0 Å². The number of amides is 2. The normalized spacial score (nSPS) is 15.5. The number of anilines is 2. The van der Waals surface area contributed by atoms with E-state index in [1.165, 1.54) is 17.2 Å². The first-order chi connectivity index (χ1) is 11.4. The number of nitrogens with zero attached hydrogens (tertiary/aromatic N) is 4. The molecule has 2 aromatic rings. The van der Waals surface area contributed by atoms with Gasteiger partial charge in [-0.1, -0.05) is 39.0 Å². The van der Waals surface area contributed by atoms with Gasteiger partial charge in [0.2, 0.25) is 5.13 Å². The molecule has 0 spiro atoms. The van der Waals surface area contributed by atoms with Crippen LogP contribution < -0.4 is 10.2 Å². The molecule has 7 heteroatoms. The van der Waals surface area contributed by atoms with E-state index in [-0.39, 0.29) is 11.4 Å². The lowest BCUT2D eigenvalue weighted by Gasteiger charge is -2.35. The SMILES string of the molecule is CC(C)(C)c1nsc(NC(=O)N2CCN(c3ccccc3)CC2)n1. The molecule has 1 aromatic carbocycles. The van der Waals surface area contributed by atoms with E-state index in [1.54, 1.807) is 0 Å². The molecule has 1 N–H and O–H groups in total. The van der Waals surface area contributed by atoms with Crippen molar-refractivity contribution in [3.63, 3.8) is 0 Å². The van der Waals surface area contributed by atoms with E-state index in [0.29, 0.717) is 18.2 Å². The summed E-state index contributed by atoms with van der Waals surface area (Å²) in [6.07, 6.45) is 0. The Morgan fingerprint density at radius 1 is 1.12 bits per heavy atom. The van der Waals surface area contributed by atoms with Crippen LogP contribution in [-0.2, 0) is 5.41 Å². The van der Waals surface area contributed by atoms with Crippen LogP contribution in [0.4, 0.5) is 15.6 Å². The standard InChI is InChI=1S/C17H23N5OS/c1-17(2,3)14-18-15(24-20-14)19-16(23)22-11-9-21(10-12-22)13-7-5-4-6-8-13/h4-8H,9-12H2,1-3H3,(H,18,19,20,23). The molecule has 0 unspecified atom stereocenters. The van der Waals surface area contributed by atoms with Gasteiger partial charge in [0.05, 0.1) is 0 Å². The number of carbonyl (C=O) groups excluding carboxylic acids is 1. The number of hydrogen-bond donors (Lipinski definition) is 1. The van der Waals surface area contributed by atoms with Gasteiger partial charge in [-0.05, 0) is 12.1 Å². The first-order valence-electron chi connectivity index (χ1n) is 8.13. The summed E-state index contributed by atoms with van der Waals surface area (Å²) in [7, 11) is 0. The lowest BCUT2D eigenvalue weighted by Crippen LogP contribution is -2.50. The molecular formula is C17H23N5OS. The van der Waals surface area contributed by atoms with Gasteiger partial charge < -0.3 is 9.80 Å². The minimum absolute atomic E-state index is 0.0979. The number of para-hydroxylation sites is 1. The number of aromatic nitrogens is 2. The molecule has 6 nitrogen and oxygen atoms in total. The van der Waals surface area contributed by atoms with Gasteiger partial charge >= 0.3 is 6.03 Å². The van der Waals surface area contributed by atoms with Crippen molar-refractivity contribution in [1.29, 1.82) is 0 Å². The number of rotatable bonds is 2. The monoisotopic (exact) mass is 345 g/mol. The molecule has 24 heavy (non-hydrogen) atoms. The molecule has 1 aromatic heterocycles. The highest BCUT2D eigenvalue weighted by molar-refractivity contribution is 7.09. The molecule has 0 radical (unpaired) electrons.